The number of oxazole rings is 1. The van der Waals surface area contributed by atoms with Gasteiger partial charge >= 0.3 is 5.97 Å². The van der Waals surface area contributed by atoms with E-state index in [1.807, 2.05) is 0 Å². The van der Waals surface area contributed by atoms with Crippen molar-refractivity contribution in [3.63, 3.8) is 0 Å². The van der Waals surface area contributed by atoms with E-state index in [4.69, 9.17) is 9.52 Å². The highest BCUT2D eigenvalue weighted by atomic mass is 16.4. The fourth-order valence-electron chi connectivity index (χ4n) is 2.02. The molecular weight excluding hydrogens is 224 g/mol. The number of carbonyl (C=O) groups is 2. The van der Waals surface area contributed by atoms with Gasteiger partial charge in [0.1, 0.15) is 5.76 Å². The van der Waals surface area contributed by atoms with Crippen LogP contribution in [-0.4, -0.2) is 40.0 Å². The number of aliphatic carboxylic acids is 1. The molecule has 2 heterocycles. The largest absolute Gasteiger partial charge is 0.481 e. The molecule has 0 spiro atoms. The Hall–Kier alpha value is -1.85. The molecule has 1 aromatic heterocycles. The highest BCUT2D eigenvalue weighted by molar-refractivity contribution is 5.93. The Bertz CT molecular complexity index is 440. The zero-order valence-electron chi connectivity index (χ0n) is 9.55. The Morgan fingerprint density at radius 1 is 1.59 bits per heavy atom. The first-order chi connectivity index (χ1) is 8.09. The molecule has 1 fully saturated rings. The number of rotatable bonds is 2. The highest BCUT2D eigenvalue weighted by Crippen LogP contribution is 2.19. The molecule has 0 radical (unpaired) electrons. The number of aryl methyl sites for hydroxylation is 1. The van der Waals surface area contributed by atoms with Crippen molar-refractivity contribution in [2.24, 2.45) is 5.92 Å². The average Bonchev–Trinajstić information content (AvgIpc) is 2.74. The monoisotopic (exact) mass is 238 g/mol. The number of aromatic nitrogens is 1. The Morgan fingerprint density at radius 3 is 2.94 bits per heavy atom. The van der Waals surface area contributed by atoms with Gasteiger partial charge in [-0.1, -0.05) is 0 Å². The lowest BCUT2D eigenvalue weighted by atomic mass is 9.98. The predicted octanol–water partition coefficient (Wildman–Crippen LogP) is 0.920. The summed E-state index contributed by atoms with van der Waals surface area (Å²) in [6.07, 6.45) is 2.55. The summed E-state index contributed by atoms with van der Waals surface area (Å²) in [6.45, 7) is 2.49. The van der Waals surface area contributed by atoms with Crippen molar-refractivity contribution < 1.29 is 19.1 Å². The fourth-order valence-corrected chi connectivity index (χ4v) is 2.02. The number of likely N-dealkylation sites (tertiary alicyclic amines) is 1. The first kappa shape index (κ1) is 11.6. The van der Waals surface area contributed by atoms with Crippen LogP contribution in [0.1, 0.15) is 29.1 Å². The minimum atomic E-state index is -0.848. The second-order valence-corrected chi connectivity index (χ2v) is 4.19. The Labute approximate surface area is 98.2 Å². The summed E-state index contributed by atoms with van der Waals surface area (Å²) in [5, 5.41) is 8.95. The summed E-state index contributed by atoms with van der Waals surface area (Å²) in [4.78, 5) is 28.4. The topological polar surface area (TPSA) is 83.6 Å². The van der Waals surface area contributed by atoms with Crippen molar-refractivity contribution >= 4 is 11.9 Å². The van der Waals surface area contributed by atoms with Gasteiger partial charge in [0.15, 0.2) is 12.1 Å². The van der Waals surface area contributed by atoms with Crippen LogP contribution < -0.4 is 0 Å². The standard InChI is InChI=1S/C11H14N2O4/c1-7-9(12-6-17-7)10(14)13-4-2-3-8(5-13)11(15)16/h6,8H,2-5H2,1H3,(H,15,16). The van der Waals surface area contributed by atoms with E-state index in [-0.39, 0.29) is 18.1 Å². The highest BCUT2D eigenvalue weighted by Gasteiger charge is 2.30. The van der Waals surface area contributed by atoms with Crippen LogP contribution in [0.4, 0.5) is 0 Å². The van der Waals surface area contributed by atoms with Crippen LogP contribution >= 0.6 is 0 Å². The van der Waals surface area contributed by atoms with E-state index in [2.05, 4.69) is 4.98 Å². The first-order valence-electron chi connectivity index (χ1n) is 5.51. The van der Waals surface area contributed by atoms with Gasteiger partial charge in [0.25, 0.3) is 5.91 Å². The second kappa shape index (κ2) is 4.57. The Kier molecular flexibility index (Phi) is 3.12. The maximum absolute atomic E-state index is 12.1. The van der Waals surface area contributed by atoms with E-state index in [0.717, 1.165) is 0 Å². The maximum atomic E-state index is 12.1. The van der Waals surface area contributed by atoms with Crippen molar-refractivity contribution in [3.05, 3.63) is 17.8 Å². The van der Waals surface area contributed by atoms with E-state index in [0.29, 0.717) is 25.1 Å². The van der Waals surface area contributed by atoms with Gasteiger partial charge in [-0.2, -0.15) is 0 Å². The van der Waals surface area contributed by atoms with Gasteiger partial charge in [-0.3, -0.25) is 9.59 Å². The van der Waals surface area contributed by atoms with Crippen molar-refractivity contribution in [1.82, 2.24) is 9.88 Å². The minimum Gasteiger partial charge on any atom is -0.481 e. The number of carboxylic acids is 1. The Balaban J connectivity index is 2.10. The zero-order chi connectivity index (χ0) is 12.4. The zero-order valence-corrected chi connectivity index (χ0v) is 9.55. The molecule has 1 saturated heterocycles. The van der Waals surface area contributed by atoms with Gasteiger partial charge in [-0.25, -0.2) is 4.98 Å². The SMILES string of the molecule is Cc1ocnc1C(=O)N1CCCC(C(=O)O)C1. The molecule has 17 heavy (non-hydrogen) atoms. The summed E-state index contributed by atoms with van der Waals surface area (Å²) in [5.74, 6) is -1.10. The normalized spacial score (nSPS) is 20.3. The molecule has 0 bridgehead atoms. The molecule has 1 atom stereocenters. The summed E-state index contributed by atoms with van der Waals surface area (Å²) in [6, 6.07) is 0. The number of carbonyl (C=O) groups excluding carboxylic acids is 1. The Morgan fingerprint density at radius 2 is 2.35 bits per heavy atom. The fraction of sp³-hybridized carbons (Fsp3) is 0.545. The third-order valence-corrected chi connectivity index (χ3v) is 3.01. The number of piperidine rings is 1. The van der Waals surface area contributed by atoms with Crippen LogP contribution in [0.2, 0.25) is 0 Å². The molecule has 1 unspecified atom stereocenters. The summed E-state index contributed by atoms with van der Waals surface area (Å²) >= 11 is 0. The molecule has 1 aromatic rings. The molecule has 0 aromatic carbocycles. The van der Waals surface area contributed by atoms with Crippen LogP contribution in [-0.2, 0) is 4.79 Å². The smallest absolute Gasteiger partial charge is 0.308 e. The van der Waals surface area contributed by atoms with Crippen molar-refractivity contribution in [3.8, 4) is 0 Å². The molecule has 1 N–H and O–H groups in total. The van der Waals surface area contributed by atoms with Crippen molar-refractivity contribution in [2.45, 2.75) is 19.8 Å². The summed E-state index contributed by atoms with van der Waals surface area (Å²) in [7, 11) is 0. The predicted molar refractivity (Wildman–Crippen MR) is 57.5 cm³/mol. The van der Waals surface area contributed by atoms with Crippen molar-refractivity contribution in [1.29, 1.82) is 0 Å². The van der Waals surface area contributed by atoms with Crippen LogP contribution in [0.3, 0.4) is 0 Å². The number of amides is 1. The van der Waals surface area contributed by atoms with Gasteiger partial charge in [-0.15, -0.1) is 0 Å². The van der Waals surface area contributed by atoms with Crippen LogP contribution in [0.15, 0.2) is 10.8 Å². The van der Waals surface area contributed by atoms with Gasteiger partial charge in [-0.05, 0) is 19.8 Å². The van der Waals surface area contributed by atoms with Crippen LogP contribution in [0, 0.1) is 12.8 Å². The lowest BCUT2D eigenvalue weighted by molar-refractivity contribution is -0.143. The van der Waals surface area contributed by atoms with E-state index in [1.165, 1.54) is 11.3 Å². The molecule has 6 nitrogen and oxygen atoms in total. The second-order valence-electron chi connectivity index (χ2n) is 4.19. The molecule has 6 heteroatoms. The quantitative estimate of drug-likeness (QED) is 0.828. The van der Waals surface area contributed by atoms with Crippen LogP contribution in [0.5, 0.6) is 0 Å². The van der Waals surface area contributed by atoms with Gasteiger partial charge in [0.2, 0.25) is 0 Å². The molecule has 1 amide bonds. The molecule has 1 aliphatic heterocycles. The van der Waals surface area contributed by atoms with E-state index >= 15 is 0 Å². The van der Waals surface area contributed by atoms with E-state index < -0.39 is 11.9 Å². The van der Waals surface area contributed by atoms with Crippen molar-refractivity contribution in [2.75, 3.05) is 13.1 Å². The summed E-state index contributed by atoms with van der Waals surface area (Å²) < 4.78 is 4.98. The van der Waals surface area contributed by atoms with Gasteiger partial charge < -0.3 is 14.4 Å². The molecule has 2 rings (SSSR count). The maximum Gasteiger partial charge on any atom is 0.308 e. The number of hydrogen-bond acceptors (Lipinski definition) is 4. The van der Waals surface area contributed by atoms with Crippen LogP contribution in [0.25, 0.3) is 0 Å². The van der Waals surface area contributed by atoms with Gasteiger partial charge in [0.05, 0.1) is 5.92 Å². The number of hydrogen-bond donors (Lipinski definition) is 1. The first-order valence-corrected chi connectivity index (χ1v) is 5.51. The lowest BCUT2D eigenvalue weighted by Crippen LogP contribution is -2.42. The van der Waals surface area contributed by atoms with Gasteiger partial charge in [0, 0.05) is 13.1 Å². The molecular formula is C11H14N2O4. The lowest BCUT2D eigenvalue weighted by Gasteiger charge is -2.30. The third kappa shape index (κ3) is 2.30. The van der Waals surface area contributed by atoms with E-state index in [9.17, 15) is 9.59 Å². The average molecular weight is 238 g/mol. The van der Waals surface area contributed by atoms with E-state index in [1.54, 1.807) is 6.92 Å². The molecule has 92 valence electrons. The molecule has 1 aliphatic rings. The number of nitrogens with zero attached hydrogens (tertiary/aromatic N) is 2. The summed E-state index contributed by atoms with van der Waals surface area (Å²) in [5.41, 5.74) is 0.274. The number of carboxylic acid groups (broad SMARTS) is 1. The molecule has 0 aliphatic carbocycles. The third-order valence-electron chi connectivity index (χ3n) is 3.01. The molecule has 0 saturated carbocycles. The minimum absolute atomic E-state index is 0.248.